The standard InChI is InChI=1S/C33H34N8/c1-5-29-28(15-22(2)25-16-26(19-34-18-25)36-23(3)24-9-7-6-8-10-24)33(39-38-29)30-17-27-31(37-30)20-35-21-32(27)41-13-11-40(4)12-14-41/h5-10,15-21,36-38H,2-3,11-14H2,1,4H3/b28-15+,29-5+. The van der Waals surface area contributed by atoms with E-state index in [0.29, 0.717) is 0 Å². The summed E-state index contributed by atoms with van der Waals surface area (Å²) in [6.45, 7) is 14.6. The minimum absolute atomic E-state index is 0.809. The molecule has 0 atom stereocenters. The van der Waals surface area contributed by atoms with E-state index in [-0.39, 0.29) is 0 Å². The summed E-state index contributed by atoms with van der Waals surface area (Å²) in [5.41, 5.74) is 8.32. The molecule has 0 spiro atoms. The van der Waals surface area contributed by atoms with Crippen LogP contribution in [0.15, 0.2) is 80.4 Å². The molecule has 4 aromatic heterocycles. The second kappa shape index (κ2) is 11.3. The number of pyridine rings is 2. The first kappa shape index (κ1) is 26.3. The number of aromatic nitrogens is 5. The monoisotopic (exact) mass is 542 g/mol. The summed E-state index contributed by atoms with van der Waals surface area (Å²) in [6, 6.07) is 14.2. The number of hydrogen-bond donors (Lipinski definition) is 3. The predicted octanol–water partition coefficient (Wildman–Crippen LogP) is 4.48. The highest BCUT2D eigenvalue weighted by atomic mass is 15.3. The van der Waals surface area contributed by atoms with E-state index in [9.17, 15) is 0 Å². The molecular weight excluding hydrogens is 508 g/mol. The Bertz CT molecular complexity index is 1840. The summed E-state index contributed by atoms with van der Waals surface area (Å²) in [7, 11) is 2.17. The molecule has 1 saturated heterocycles. The lowest BCUT2D eigenvalue weighted by molar-refractivity contribution is 0.313. The van der Waals surface area contributed by atoms with Crippen LogP contribution in [0.2, 0.25) is 0 Å². The number of nitrogens with zero attached hydrogens (tertiary/aromatic N) is 5. The maximum absolute atomic E-state index is 4.70. The van der Waals surface area contributed by atoms with Crippen molar-refractivity contribution in [1.82, 2.24) is 30.0 Å². The molecule has 5 aromatic rings. The van der Waals surface area contributed by atoms with Gasteiger partial charge in [-0.2, -0.15) is 5.10 Å². The van der Waals surface area contributed by atoms with Crippen molar-refractivity contribution in [3.63, 3.8) is 0 Å². The minimum Gasteiger partial charge on any atom is -0.367 e. The Morgan fingerprint density at radius 3 is 2.51 bits per heavy atom. The lowest BCUT2D eigenvalue weighted by Gasteiger charge is -2.34. The van der Waals surface area contributed by atoms with Crippen molar-refractivity contribution < 1.29 is 0 Å². The van der Waals surface area contributed by atoms with Gasteiger partial charge < -0.3 is 20.1 Å². The molecule has 0 saturated carbocycles. The molecule has 0 unspecified atom stereocenters. The van der Waals surface area contributed by atoms with Crippen LogP contribution in [-0.4, -0.2) is 63.3 Å². The summed E-state index contributed by atoms with van der Waals surface area (Å²) < 4.78 is 0. The molecule has 0 bridgehead atoms. The molecule has 8 nitrogen and oxygen atoms in total. The van der Waals surface area contributed by atoms with E-state index in [1.165, 1.54) is 0 Å². The summed E-state index contributed by atoms with van der Waals surface area (Å²) >= 11 is 0. The first-order valence-electron chi connectivity index (χ1n) is 13.8. The van der Waals surface area contributed by atoms with Crippen LogP contribution in [-0.2, 0) is 0 Å². The number of anilines is 2. The molecule has 41 heavy (non-hydrogen) atoms. The molecule has 0 aliphatic carbocycles. The van der Waals surface area contributed by atoms with E-state index in [1.807, 2.05) is 68.0 Å². The van der Waals surface area contributed by atoms with Gasteiger partial charge in [0.1, 0.15) is 5.69 Å². The molecule has 5 heterocycles. The third kappa shape index (κ3) is 5.42. The summed E-state index contributed by atoms with van der Waals surface area (Å²) in [5, 5.41) is 14.3. The number of nitrogens with one attached hydrogen (secondary N) is 3. The van der Waals surface area contributed by atoms with Gasteiger partial charge in [-0.05, 0) is 43.3 Å². The number of benzene rings is 1. The van der Waals surface area contributed by atoms with Gasteiger partial charge in [-0.15, -0.1) is 0 Å². The number of fused-ring (bicyclic) bond motifs is 1. The van der Waals surface area contributed by atoms with Gasteiger partial charge >= 0.3 is 0 Å². The van der Waals surface area contributed by atoms with Gasteiger partial charge in [0.25, 0.3) is 0 Å². The predicted molar refractivity (Wildman–Crippen MR) is 170 cm³/mol. The average molecular weight is 543 g/mol. The number of rotatable bonds is 7. The zero-order chi connectivity index (χ0) is 28.3. The highest BCUT2D eigenvalue weighted by Gasteiger charge is 2.19. The zero-order valence-electron chi connectivity index (χ0n) is 23.5. The average Bonchev–Trinajstić information content (AvgIpc) is 3.62. The number of piperazine rings is 1. The van der Waals surface area contributed by atoms with Gasteiger partial charge in [0.15, 0.2) is 0 Å². The number of hydrogen-bond acceptors (Lipinski definition) is 6. The molecule has 8 heteroatoms. The lowest BCUT2D eigenvalue weighted by atomic mass is 10.1. The molecule has 0 radical (unpaired) electrons. The van der Waals surface area contributed by atoms with Crippen LogP contribution < -0.4 is 20.8 Å². The first-order chi connectivity index (χ1) is 20.0. The van der Waals surface area contributed by atoms with Crippen LogP contribution in [0.25, 0.3) is 45.7 Å². The molecule has 1 aliphatic heterocycles. The van der Waals surface area contributed by atoms with E-state index < -0.39 is 0 Å². The second-order valence-electron chi connectivity index (χ2n) is 10.4. The minimum atomic E-state index is 0.809. The van der Waals surface area contributed by atoms with Crippen LogP contribution in [0.5, 0.6) is 0 Å². The summed E-state index contributed by atoms with van der Waals surface area (Å²) in [5.74, 6) is 0. The number of aromatic amines is 2. The molecule has 6 rings (SSSR count). The van der Waals surface area contributed by atoms with Crippen molar-refractivity contribution in [2.24, 2.45) is 0 Å². The van der Waals surface area contributed by atoms with Gasteiger partial charge in [0, 0.05) is 54.2 Å². The maximum Gasteiger partial charge on any atom is 0.116 e. The van der Waals surface area contributed by atoms with Crippen molar-refractivity contribution in [2.75, 3.05) is 43.4 Å². The zero-order valence-corrected chi connectivity index (χ0v) is 23.5. The van der Waals surface area contributed by atoms with Crippen LogP contribution in [0.1, 0.15) is 18.1 Å². The molecule has 3 N–H and O–H groups in total. The van der Waals surface area contributed by atoms with E-state index in [2.05, 4.69) is 67.5 Å². The highest BCUT2D eigenvalue weighted by Crippen LogP contribution is 2.30. The van der Waals surface area contributed by atoms with E-state index in [4.69, 9.17) is 5.10 Å². The Labute approximate surface area is 239 Å². The van der Waals surface area contributed by atoms with E-state index >= 15 is 0 Å². The Morgan fingerprint density at radius 2 is 1.73 bits per heavy atom. The van der Waals surface area contributed by atoms with Gasteiger partial charge in [0.2, 0.25) is 0 Å². The van der Waals surface area contributed by atoms with Crippen molar-refractivity contribution in [3.05, 3.63) is 102 Å². The summed E-state index contributed by atoms with van der Waals surface area (Å²) in [6.07, 6.45) is 11.5. The van der Waals surface area contributed by atoms with E-state index in [0.717, 1.165) is 92.8 Å². The molecule has 1 aromatic carbocycles. The molecular formula is C33H34N8. The Hall–Kier alpha value is -4.95. The Kier molecular flexibility index (Phi) is 7.22. The highest BCUT2D eigenvalue weighted by molar-refractivity contribution is 5.96. The largest absolute Gasteiger partial charge is 0.367 e. The molecule has 1 aliphatic rings. The Balaban J connectivity index is 1.33. The van der Waals surface area contributed by atoms with Crippen molar-refractivity contribution >= 4 is 45.7 Å². The molecule has 206 valence electrons. The van der Waals surface area contributed by atoms with Crippen LogP contribution in [0.4, 0.5) is 11.4 Å². The Morgan fingerprint density at radius 1 is 0.951 bits per heavy atom. The van der Waals surface area contributed by atoms with Crippen LogP contribution >= 0.6 is 0 Å². The number of likely N-dealkylation sites (N-methyl/N-ethyl adjacent to an activating group) is 1. The quantitative estimate of drug-likeness (QED) is 0.281. The second-order valence-corrected chi connectivity index (χ2v) is 10.4. The smallest absolute Gasteiger partial charge is 0.116 e. The molecule has 0 amide bonds. The first-order valence-corrected chi connectivity index (χ1v) is 13.8. The van der Waals surface area contributed by atoms with Crippen molar-refractivity contribution in [2.45, 2.75) is 6.92 Å². The topological polar surface area (TPSA) is 88.8 Å². The fourth-order valence-electron chi connectivity index (χ4n) is 5.23. The van der Waals surface area contributed by atoms with Crippen LogP contribution in [0.3, 0.4) is 0 Å². The fourth-order valence-corrected chi connectivity index (χ4v) is 5.23. The van der Waals surface area contributed by atoms with Crippen molar-refractivity contribution in [1.29, 1.82) is 0 Å². The SMILES string of the molecule is C=C(/C=c1/c(-c2cc3c(N4CCN(C)CC4)cncc3[nH]2)n[nH]/c1=C/C)c1cncc(NC(=C)c2ccccc2)c1. The van der Waals surface area contributed by atoms with Crippen molar-refractivity contribution in [3.8, 4) is 11.4 Å². The summed E-state index contributed by atoms with van der Waals surface area (Å²) in [4.78, 5) is 17.3. The van der Waals surface area contributed by atoms with E-state index in [1.54, 1.807) is 6.20 Å². The van der Waals surface area contributed by atoms with Crippen LogP contribution in [0, 0.1) is 0 Å². The van der Waals surface area contributed by atoms with Gasteiger partial charge in [-0.3, -0.25) is 15.1 Å². The number of H-pyrrole nitrogens is 2. The third-order valence-electron chi connectivity index (χ3n) is 7.59. The van der Waals surface area contributed by atoms with Gasteiger partial charge in [-0.1, -0.05) is 49.6 Å². The lowest BCUT2D eigenvalue weighted by Crippen LogP contribution is -2.44. The number of allylic oxidation sites excluding steroid dienone is 1. The maximum atomic E-state index is 4.70. The fraction of sp³-hybridized carbons (Fsp3) is 0.182. The van der Waals surface area contributed by atoms with Gasteiger partial charge in [0.05, 0.1) is 46.5 Å². The van der Waals surface area contributed by atoms with Gasteiger partial charge in [-0.25, -0.2) is 0 Å². The third-order valence-corrected chi connectivity index (χ3v) is 7.59. The normalized spacial score (nSPS) is 15.0. The molecule has 1 fully saturated rings.